The molecule has 0 radical (unpaired) electrons. The van der Waals surface area contributed by atoms with Crippen LogP contribution in [0.3, 0.4) is 0 Å². The van der Waals surface area contributed by atoms with Crippen LogP contribution in [-0.4, -0.2) is 63.5 Å². The molecule has 1 aliphatic heterocycles. The number of Topliss-reactive ketones (excluding diaryl/α,β-unsaturated/α-hetero) is 1. The molecule has 7 nitrogen and oxygen atoms in total. The van der Waals surface area contributed by atoms with Crippen molar-refractivity contribution in [2.75, 3.05) is 57.2 Å². The number of carbonyl (C=O) groups excluding carboxylic acids is 2. The van der Waals surface area contributed by atoms with Gasteiger partial charge in [-0.3, -0.25) is 14.5 Å². The zero-order valence-corrected chi connectivity index (χ0v) is 17.1. The van der Waals surface area contributed by atoms with Crippen molar-refractivity contribution in [1.29, 1.82) is 0 Å². The van der Waals surface area contributed by atoms with E-state index in [1.165, 1.54) is 0 Å². The third-order valence-corrected chi connectivity index (χ3v) is 5.01. The summed E-state index contributed by atoms with van der Waals surface area (Å²) in [6.07, 6.45) is 0. The maximum Gasteiger partial charge on any atom is 0.238 e. The van der Waals surface area contributed by atoms with Crippen LogP contribution in [0, 0.1) is 0 Å². The molecule has 29 heavy (non-hydrogen) atoms. The Kier molecular flexibility index (Phi) is 6.72. The van der Waals surface area contributed by atoms with Gasteiger partial charge in [-0.05, 0) is 31.2 Å². The topological polar surface area (TPSA) is 71.1 Å². The van der Waals surface area contributed by atoms with Gasteiger partial charge in [0.25, 0.3) is 0 Å². The Morgan fingerprint density at radius 1 is 0.931 bits per heavy atom. The van der Waals surface area contributed by atoms with Gasteiger partial charge in [0.05, 0.1) is 20.8 Å². The van der Waals surface area contributed by atoms with Crippen LogP contribution in [0.15, 0.2) is 42.5 Å². The predicted molar refractivity (Wildman–Crippen MR) is 113 cm³/mol. The lowest BCUT2D eigenvalue weighted by molar-refractivity contribution is -0.117. The van der Waals surface area contributed by atoms with Crippen LogP contribution in [0.5, 0.6) is 11.5 Å². The Morgan fingerprint density at radius 3 is 2.03 bits per heavy atom. The largest absolute Gasteiger partial charge is 0.497 e. The van der Waals surface area contributed by atoms with Crippen LogP contribution >= 0.6 is 0 Å². The molecule has 1 aliphatic rings. The van der Waals surface area contributed by atoms with E-state index < -0.39 is 0 Å². The molecule has 1 N–H and O–H groups in total. The maximum absolute atomic E-state index is 12.5. The zero-order chi connectivity index (χ0) is 20.8. The van der Waals surface area contributed by atoms with Gasteiger partial charge in [0.2, 0.25) is 5.91 Å². The van der Waals surface area contributed by atoms with Crippen LogP contribution in [0.25, 0.3) is 0 Å². The van der Waals surface area contributed by atoms with Gasteiger partial charge in [-0.25, -0.2) is 0 Å². The summed E-state index contributed by atoms with van der Waals surface area (Å²) in [5, 5.41) is 2.91. The standard InChI is InChI=1S/C22H27N3O4/c1-16(26)17-4-6-19(7-5-17)25-10-8-24(9-11-25)15-22(27)23-18-12-20(28-2)14-21(13-18)29-3/h4-7,12-14H,8-11,15H2,1-3H3,(H,23,27). The number of piperazine rings is 1. The number of benzene rings is 2. The lowest BCUT2D eigenvalue weighted by Gasteiger charge is -2.35. The number of carbonyl (C=O) groups is 2. The van der Waals surface area contributed by atoms with Gasteiger partial charge >= 0.3 is 0 Å². The fourth-order valence-electron chi connectivity index (χ4n) is 3.35. The molecule has 0 aromatic heterocycles. The fraction of sp³-hybridized carbons (Fsp3) is 0.364. The summed E-state index contributed by atoms with van der Waals surface area (Å²) in [7, 11) is 3.15. The molecule has 0 aliphatic carbocycles. The molecule has 0 bridgehead atoms. The van der Waals surface area contributed by atoms with Crippen molar-refractivity contribution in [3.8, 4) is 11.5 Å². The first-order valence-electron chi connectivity index (χ1n) is 9.59. The molecule has 0 saturated carbocycles. The number of hydrogen-bond acceptors (Lipinski definition) is 6. The van der Waals surface area contributed by atoms with Crippen molar-refractivity contribution >= 4 is 23.1 Å². The number of amides is 1. The molecular weight excluding hydrogens is 370 g/mol. The van der Waals surface area contributed by atoms with Crippen LogP contribution in [-0.2, 0) is 4.79 Å². The molecular formula is C22H27N3O4. The molecule has 1 saturated heterocycles. The molecule has 1 amide bonds. The smallest absolute Gasteiger partial charge is 0.238 e. The normalized spacial score (nSPS) is 14.4. The Morgan fingerprint density at radius 2 is 1.52 bits per heavy atom. The Labute approximate surface area is 171 Å². The van der Waals surface area contributed by atoms with Crippen molar-refractivity contribution in [3.05, 3.63) is 48.0 Å². The molecule has 7 heteroatoms. The number of nitrogens with one attached hydrogen (secondary N) is 1. The van der Waals surface area contributed by atoms with Crippen molar-refractivity contribution in [3.63, 3.8) is 0 Å². The van der Waals surface area contributed by atoms with E-state index in [1.807, 2.05) is 24.3 Å². The molecule has 154 valence electrons. The van der Waals surface area contributed by atoms with Gasteiger partial charge in [-0.1, -0.05) is 0 Å². The average molecular weight is 397 g/mol. The SMILES string of the molecule is COc1cc(NC(=O)CN2CCN(c3ccc(C(C)=O)cc3)CC2)cc(OC)c1. The summed E-state index contributed by atoms with van der Waals surface area (Å²) >= 11 is 0. The highest BCUT2D eigenvalue weighted by molar-refractivity contribution is 5.94. The highest BCUT2D eigenvalue weighted by atomic mass is 16.5. The summed E-state index contributed by atoms with van der Waals surface area (Å²) in [5.74, 6) is 1.26. The van der Waals surface area contributed by atoms with Crippen LogP contribution in [0.4, 0.5) is 11.4 Å². The van der Waals surface area contributed by atoms with E-state index in [2.05, 4.69) is 15.1 Å². The monoisotopic (exact) mass is 397 g/mol. The molecule has 2 aromatic carbocycles. The van der Waals surface area contributed by atoms with Crippen LogP contribution in [0.2, 0.25) is 0 Å². The molecule has 2 aromatic rings. The van der Waals surface area contributed by atoms with E-state index in [4.69, 9.17) is 9.47 Å². The van der Waals surface area contributed by atoms with Crippen molar-refractivity contribution in [1.82, 2.24) is 4.90 Å². The number of ketones is 1. The lowest BCUT2D eigenvalue weighted by atomic mass is 10.1. The van der Waals surface area contributed by atoms with Gasteiger partial charge < -0.3 is 19.7 Å². The predicted octanol–water partition coefficient (Wildman–Crippen LogP) is 2.67. The minimum absolute atomic E-state index is 0.0698. The maximum atomic E-state index is 12.5. The molecule has 0 unspecified atom stereocenters. The van der Waals surface area contributed by atoms with E-state index in [-0.39, 0.29) is 11.7 Å². The van der Waals surface area contributed by atoms with E-state index in [1.54, 1.807) is 39.3 Å². The summed E-state index contributed by atoms with van der Waals surface area (Å²) in [6.45, 7) is 5.16. The third-order valence-electron chi connectivity index (χ3n) is 5.01. The zero-order valence-electron chi connectivity index (χ0n) is 17.1. The van der Waals surface area contributed by atoms with Crippen LogP contribution in [0.1, 0.15) is 17.3 Å². The summed E-state index contributed by atoms with van der Waals surface area (Å²) in [4.78, 5) is 28.3. The summed E-state index contributed by atoms with van der Waals surface area (Å²) in [5.41, 5.74) is 2.47. The van der Waals surface area contributed by atoms with Gasteiger partial charge in [0.15, 0.2) is 5.78 Å². The molecule has 1 fully saturated rings. The molecule has 0 atom stereocenters. The minimum Gasteiger partial charge on any atom is -0.497 e. The number of hydrogen-bond donors (Lipinski definition) is 1. The van der Waals surface area contributed by atoms with Gasteiger partial charge in [-0.2, -0.15) is 0 Å². The van der Waals surface area contributed by atoms with Crippen LogP contribution < -0.4 is 19.7 Å². The second-order valence-electron chi connectivity index (χ2n) is 7.02. The quantitative estimate of drug-likeness (QED) is 0.725. The molecule has 3 rings (SSSR count). The first-order valence-corrected chi connectivity index (χ1v) is 9.59. The first kappa shape index (κ1) is 20.7. The van der Waals surface area contributed by atoms with E-state index in [9.17, 15) is 9.59 Å². The van der Waals surface area contributed by atoms with Gasteiger partial charge in [0, 0.05) is 61.3 Å². The number of rotatable bonds is 7. The number of anilines is 2. The third kappa shape index (κ3) is 5.48. The van der Waals surface area contributed by atoms with E-state index in [0.29, 0.717) is 23.7 Å². The van der Waals surface area contributed by atoms with Gasteiger partial charge in [-0.15, -0.1) is 0 Å². The van der Waals surface area contributed by atoms with Gasteiger partial charge in [0.1, 0.15) is 11.5 Å². The second kappa shape index (κ2) is 9.43. The van der Waals surface area contributed by atoms with Crippen molar-refractivity contribution < 1.29 is 19.1 Å². The highest BCUT2D eigenvalue weighted by Crippen LogP contribution is 2.25. The highest BCUT2D eigenvalue weighted by Gasteiger charge is 2.19. The van der Waals surface area contributed by atoms with E-state index >= 15 is 0 Å². The average Bonchev–Trinajstić information content (AvgIpc) is 2.74. The fourth-order valence-corrected chi connectivity index (χ4v) is 3.35. The Bertz CT molecular complexity index is 837. The molecule has 1 heterocycles. The number of methoxy groups -OCH3 is 2. The van der Waals surface area contributed by atoms with E-state index in [0.717, 1.165) is 37.4 Å². The lowest BCUT2D eigenvalue weighted by Crippen LogP contribution is -2.48. The second-order valence-corrected chi connectivity index (χ2v) is 7.02. The number of nitrogens with zero attached hydrogens (tertiary/aromatic N) is 2. The van der Waals surface area contributed by atoms with Crippen molar-refractivity contribution in [2.24, 2.45) is 0 Å². The van der Waals surface area contributed by atoms with Crippen molar-refractivity contribution in [2.45, 2.75) is 6.92 Å². The first-order chi connectivity index (χ1) is 14.0. The number of ether oxygens (including phenoxy) is 2. The summed E-state index contributed by atoms with van der Waals surface area (Å²) < 4.78 is 10.5. The Hall–Kier alpha value is -3.06. The Balaban J connectivity index is 1.51. The molecule has 0 spiro atoms. The summed E-state index contributed by atoms with van der Waals surface area (Å²) in [6, 6.07) is 13.0. The minimum atomic E-state index is -0.0698.